The number of nitrogens with zero attached hydrogens (tertiary/aromatic N) is 1. The minimum Gasteiger partial charge on any atom is -0.383 e. The van der Waals surface area contributed by atoms with Crippen LogP contribution in [0.5, 0.6) is 0 Å². The monoisotopic (exact) mass is 310 g/mol. The maximum Gasteiger partial charge on any atom is 0.0587 e. The summed E-state index contributed by atoms with van der Waals surface area (Å²) in [5.41, 5.74) is 2.60. The Morgan fingerprint density at radius 3 is 2.67 bits per heavy atom. The van der Waals surface area contributed by atoms with Crippen LogP contribution in [0.1, 0.15) is 25.8 Å². The number of halogens is 1. The van der Waals surface area contributed by atoms with Gasteiger partial charge in [-0.05, 0) is 42.0 Å². The van der Waals surface area contributed by atoms with Crippen molar-refractivity contribution in [2.75, 3.05) is 38.3 Å². The number of hydrogen-bond acceptors (Lipinski definition) is 3. The SMILES string of the molecule is COCCNCc1cc(Cl)ccc1N1CC(C)CC(C)C1. The molecule has 118 valence electrons. The van der Waals surface area contributed by atoms with Gasteiger partial charge in [0.05, 0.1) is 6.61 Å². The van der Waals surface area contributed by atoms with Gasteiger partial charge in [-0.2, -0.15) is 0 Å². The summed E-state index contributed by atoms with van der Waals surface area (Å²) in [6.07, 6.45) is 1.32. The molecule has 0 radical (unpaired) electrons. The first-order valence-corrected chi connectivity index (χ1v) is 8.21. The van der Waals surface area contributed by atoms with Crippen LogP contribution in [0.4, 0.5) is 5.69 Å². The van der Waals surface area contributed by atoms with Crippen LogP contribution < -0.4 is 10.2 Å². The van der Waals surface area contributed by atoms with E-state index < -0.39 is 0 Å². The number of ether oxygens (including phenoxy) is 1. The lowest BCUT2D eigenvalue weighted by atomic mass is 9.91. The topological polar surface area (TPSA) is 24.5 Å². The number of piperidine rings is 1. The molecule has 0 aromatic heterocycles. The fourth-order valence-corrected chi connectivity index (χ4v) is 3.46. The minimum atomic E-state index is 0.730. The van der Waals surface area contributed by atoms with Gasteiger partial charge < -0.3 is 15.0 Å². The van der Waals surface area contributed by atoms with Gasteiger partial charge in [-0.25, -0.2) is 0 Å². The largest absolute Gasteiger partial charge is 0.383 e. The van der Waals surface area contributed by atoms with Crippen molar-refractivity contribution in [1.82, 2.24) is 5.32 Å². The lowest BCUT2D eigenvalue weighted by Crippen LogP contribution is -2.39. The van der Waals surface area contributed by atoms with E-state index in [1.807, 2.05) is 6.07 Å². The second-order valence-corrected chi connectivity index (χ2v) is 6.73. The van der Waals surface area contributed by atoms with Crippen molar-refractivity contribution in [3.05, 3.63) is 28.8 Å². The molecule has 1 saturated heterocycles. The zero-order valence-corrected chi connectivity index (χ0v) is 14.1. The van der Waals surface area contributed by atoms with E-state index in [0.717, 1.165) is 49.6 Å². The predicted octanol–water partition coefficient (Wildman–Crippen LogP) is 3.56. The van der Waals surface area contributed by atoms with Gasteiger partial charge in [0.1, 0.15) is 0 Å². The summed E-state index contributed by atoms with van der Waals surface area (Å²) in [6.45, 7) is 9.37. The first-order chi connectivity index (χ1) is 10.1. The molecule has 0 aliphatic carbocycles. The Bertz CT molecular complexity index is 442. The minimum absolute atomic E-state index is 0.730. The maximum absolute atomic E-state index is 6.18. The molecule has 2 rings (SSSR count). The Morgan fingerprint density at radius 1 is 1.29 bits per heavy atom. The molecule has 2 unspecified atom stereocenters. The highest BCUT2D eigenvalue weighted by atomic mass is 35.5. The lowest BCUT2D eigenvalue weighted by molar-refractivity contribution is 0.199. The van der Waals surface area contributed by atoms with Gasteiger partial charge in [-0.1, -0.05) is 25.4 Å². The summed E-state index contributed by atoms with van der Waals surface area (Å²) in [4.78, 5) is 2.52. The van der Waals surface area contributed by atoms with E-state index in [4.69, 9.17) is 16.3 Å². The number of anilines is 1. The Morgan fingerprint density at radius 2 is 2.00 bits per heavy atom. The average Bonchev–Trinajstić information content (AvgIpc) is 2.42. The Labute approximate surface area is 133 Å². The summed E-state index contributed by atoms with van der Waals surface area (Å²) < 4.78 is 5.08. The zero-order chi connectivity index (χ0) is 15.2. The van der Waals surface area contributed by atoms with Crippen LogP contribution in [0.2, 0.25) is 5.02 Å². The van der Waals surface area contributed by atoms with Crippen molar-refractivity contribution in [2.24, 2.45) is 11.8 Å². The molecule has 0 bridgehead atoms. The van der Waals surface area contributed by atoms with Crippen molar-refractivity contribution in [3.8, 4) is 0 Å². The maximum atomic E-state index is 6.18. The third-order valence-corrected chi connectivity index (χ3v) is 4.28. The van der Waals surface area contributed by atoms with Crippen LogP contribution in [-0.2, 0) is 11.3 Å². The van der Waals surface area contributed by atoms with Crippen molar-refractivity contribution in [3.63, 3.8) is 0 Å². The first-order valence-electron chi connectivity index (χ1n) is 7.83. The molecular weight excluding hydrogens is 284 g/mol. The van der Waals surface area contributed by atoms with Crippen molar-refractivity contribution in [2.45, 2.75) is 26.8 Å². The number of nitrogens with one attached hydrogen (secondary N) is 1. The average molecular weight is 311 g/mol. The smallest absolute Gasteiger partial charge is 0.0587 e. The summed E-state index contributed by atoms with van der Waals surface area (Å²) in [5, 5.41) is 4.23. The molecular formula is C17H27ClN2O. The number of hydrogen-bond donors (Lipinski definition) is 1. The molecule has 0 spiro atoms. The van der Waals surface area contributed by atoms with Gasteiger partial charge >= 0.3 is 0 Å². The number of methoxy groups -OCH3 is 1. The number of benzene rings is 1. The third kappa shape index (κ3) is 4.87. The van der Waals surface area contributed by atoms with Crippen LogP contribution in [0.15, 0.2) is 18.2 Å². The fourth-order valence-electron chi connectivity index (χ4n) is 3.26. The lowest BCUT2D eigenvalue weighted by Gasteiger charge is -2.37. The van der Waals surface area contributed by atoms with Crippen molar-refractivity contribution < 1.29 is 4.74 Å². The van der Waals surface area contributed by atoms with E-state index in [0.29, 0.717) is 0 Å². The van der Waals surface area contributed by atoms with E-state index in [2.05, 4.69) is 36.2 Å². The second-order valence-electron chi connectivity index (χ2n) is 6.29. The molecule has 4 heteroatoms. The molecule has 21 heavy (non-hydrogen) atoms. The van der Waals surface area contributed by atoms with Gasteiger partial charge in [-0.15, -0.1) is 0 Å². The molecule has 1 N–H and O–H groups in total. The van der Waals surface area contributed by atoms with E-state index in [9.17, 15) is 0 Å². The predicted molar refractivity (Wildman–Crippen MR) is 90.2 cm³/mol. The van der Waals surface area contributed by atoms with E-state index in [1.165, 1.54) is 17.7 Å². The Hall–Kier alpha value is -0.770. The summed E-state index contributed by atoms with van der Waals surface area (Å²) in [7, 11) is 1.73. The van der Waals surface area contributed by atoms with Crippen LogP contribution >= 0.6 is 11.6 Å². The van der Waals surface area contributed by atoms with Crippen molar-refractivity contribution in [1.29, 1.82) is 0 Å². The van der Waals surface area contributed by atoms with Gasteiger partial charge in [-0.3, -0.25) is 0 Å². The summed E-state index contributed by atoms with van der Waals surface area (Å²) >= 11 is 6.18. The first kappa shape index (κ1) is 16.6. The number of rotatable bonds is 6. The molecule has 1 aliphatic rings. The zero-order valence-electron chi connectivity index (χ0n) is 13.4. The molecule has 1 heterocycles. The van der Waals surface area contributed by atoms with Crippen LogP contribution in [0, 0.1) is 11.8 Å². The van der Waals surface area contributed by atoms with E-state index in [1.54, 1.807) is 7.11 Å². The van der Waals surface area contributed by atoms with Gasteiger partial charge in [0.25, 0.3) is 0 Å². The Kier molecular flexibility index (Phi) is 6.34. The Balaban J connectivity index is 2.10. The summed E-state index contributed by atoms with van der Waals surface area (Å²) in [6, 6.07) is 6.25. The van der Waals surface area contributed by atoms with Crippen LogP contribution in [0.3, 0.4) is 0 Å². The molecule has 1 aromatic carbocycles. The van der Waals surface area contributed by atoms with Gasteiger partial charge in [0, 0.05) is 44.0 Å². The highest BCUT2D eigenvalue weighted by Gasteiger charge is 2.23. The van der Waals surface area contributed by atoms with E-state index >= 15 is 0 Å². The van der Waals surface area contributed by atoms with Crippen LogP contribution in [-0.4, -0.2) is 33.4 Å². The summed E-state index contributed by atoms with van der Waals surface area (Å²) in [5.74, 6) is 1.50. The quantitative estimate of drug-likeness (QED) is 0.813. The van der Waals surface area contributed by atoms with Crippen molar-refractivity contribution >= 4 is 17.3 Å². The molecule has 2 atom stereocenters. The second kappa shape index (κ2) is 8.02. The normalized spacial score (nSPS) is 22.6. The molecule has 1 aliphatic heterocycles. The molecule has 3 nitrogen and oxygen atoms in total. The molecule has 1 aromatic rings. The molecule has 0 saturated carbocycles. The van der Waals surface area contributed by atoms with E-state index in [-0.39, 0.29) is 0 Å². The highest BCUT2D eigenvalue weighted by Crippen LogP contribution is 2.30. The highest BCUT2D eigenvalue weighted by molar-refractivity contribution is 6.30. The van der Waals surface area contributed by atoms with Gasteiger partial charge in [0.15, 0.2) is 0 Å². The van der Waals surface area contributed by atoms with Crippen LogP contribution in [0.25, 0.3) is 0 Å². The standard InChI is InChI=1S/C17H27ClN2O/c1-13-8-14(2)12-20(11-13)17-5-4-16(18)9-15(17)10-19-6-7-21-3/h4-5,9,13-14,19H,6-8,10-12H2,1-3H3. The molecule has 0 amide bonds. The van der Waals surface area contributed by atoms with Gasteiger partial charge in [0.2, 0.25) is 0 Å². The third-order valence-electron chi connectivity index (χ3n) is 4.05. The fraction of sp³-hybridized carbons (Fsp3) is 0.647. The molecule has 1 fully saturated rings.